The molecule has 1 fully saturated rings. The zero-order chi connectivity index (χ0) is 12.4. The van der Waals surface area contributed by atoms with E-state index in [2.05, 4.69) is 6.07 Å². The molecule has 1 heterocycles. The highest BCUT2D eigenvalue weighted by atomic mass is 16.2. The van der Waals surface area contributed by atoms with E-state index in [0.717, 1.165) is 11.4 Å². The fourth-order valence-electron chi connectivity index (χ4n) is 1.97. The Morgan fingerprint density at radius 3 is 2.47 bits per heavy atom. The average Bonchev–Trinajstić information content (AvgIpc) is 2.71. The summed E-state index contributed by atoms with van der Waals surface area (Å²) in [7, 11) is 3.95. The number of hydrogen-bond donors (Lipinski definition) is 0. The normalized spacial score (nSPS) is 19.2. The minimum atomic E-state index is -0.170. The van der Waals surface area contributed by atoms with Gasteiger partial charge in [-0.15, -0.1) is 0 Å². The third kappa shape index (κ3) is 2.23. The minimum Gasteiger partial charge on any atom is -0.378 e. The maximum atomic E-state index is 11.7. The lowest BCUT2D eigenvalue weighted by Gasteiger charge is -2.18. The molecule has 0 radical (unpaired) electrons. The summed E-state index contributed by atoms with van der Waals surface area (Å²) >= 11 is 0. The number of amides is 1. The molecule has 0 saturated carbocycles. The number of nitrogens with zero attached hydrogens (tertiary/aromatic N) is 3. The summed E-state index contributed by atoms with van der Waals surface area (Å²) in [6.45, 7) is 0.511. The first-order valence-corrected chi connectivity index (χ1v) is 5.59. The van der Waals surface area contributed by atoms with Crippen LogP contribution in [0.1, 0.15) is 6.42 Å². The smallest absolute Gasteiger partial charge is 0.228 e. The second-order valence-corrected chi connectivity index (χ2v) is 4.45. The van der Waals surface area contributed by atoms with Gasteiger partial charge in [0.25, 0.3) is 0 Å². The van der Waals surface area contributed by atoms with Gasteiger partial charge in [0.05, 0.1) is 12.0 Å². The standard InChI is InChI=1S/C13H15N3O/c1-15(2)11-3-5-12(6-4-11)16-9-10(8-14)7-13(16)17/h3-6,10H,7,9H2,1-2H3. The molecule has 4 heteroatoms. The Labute approximate surface area is 101 Å². The van der Waals surface area contributed by atoms with Gasteiger partial charge in [-0.25, -0.2) is 0 Å². The molecular weight excluding hydrogens is 214 g/mol. The summed E-state index contributed by atoms with van der Waals surface area (Å²) in [5, 5.41) is 8.83. The second-order valence-electron chi connectivity index (χ2n) is 4.45. The van der Waals surface area contributed by atoms with Gasteiger partial charge in [0.2, 0.25) is 5.91 Å². The van der Waals surface area contributed by atoms with E-state index in [9.17, 15) is 4.79 Å². The molecule has 1 aromatic rings. The molecule has 1 aromatic carbocycles. The van der Waals surface area contributed by atoms with E-state index in [4.69, 9.17) is 5.26 Å². The zero-order valence-corrected chi connectivity index (χ0v) is 10.1. The predicted octanol–water partition coefficient (Wildman–Crippen LogP) is 1.63. The highest BCUT2D eigenvalue weighted by Gasteiger charge is 2.30. The summed E-state index contributed by atoms with van der Waals surface area (Å²) in [6.07, 6.45) is 0.339. The first kappa shape index (κ1) is 11.5. The van der Waals surface area contributed by atoms with Gasteiger partial charge in [-0.3, -0.25) is 4.79 Å². The van der Waals surface area contributed by atoms with Crippen LogP contribution < -0.4 is 9.80 Å². The summed E-state index contributed by atoms with van der Waals surface area (Å²) in [5.41, 5.74) is 1.97. The van der Waals surface area contributed by atoms with E-state index in [1.54, 1.807) is 4.90 Å². The molecule has 1 unspecified atom stereocenters. The van der Waals surface area contributed by atoms with Crippen LogP contribution in [0, 0.1) is 17.2 Å². The SMILES string of the molecule is CN(C)c1ccc(N2CC(C#N)CC2=O)cc1. The number of carbonyl (C=O) groups is 1. The summed E-state index contributed by atoms with van der Waals surface area (Å²) in [5.74, 6) is -0.134. The van der Waals surface area contributed by atoms with E-state index < -0.39 is 0 Å². The molecule has 1 saturated heterocycles. The molecule has 0 aliphatic carbocycles. The fraction of sp³-hybridized carbons (Fsp3) is 0.385. The third-order valence-corrected chi connectivity index (χ3v) is 2.99. The van der Waals surface area contributed by atoms with Gasteiger partial charge in [-0.05, 0) is 24.3 Å². The van der Waals surface area contributed by atoms with Crippen molar-refractivity contribution in [2.45, 2.75) is 6.42 Å². The van der Waals surface area contributed by atoms with Crippen LogP contribution in [-0.4, -0.2) is 26.5 Å². The van der Waals surface area contributed by atoms with Crippen molar-refractivity contribution in [2.24, 2.45) is 5.92 Å². The Morgan fingerprint density at radius 2 is 2.00 bits per heavy atom. The van der Waals surface area contributed by atoms with Crippen LogP contribution >= 0.6 is 0 Å². The maximum absolute atomic E-state index is 11.7. The molecule has 1 aliphatic heterocycles. The fourth-order valence-corrected chi connectivity index (χ4v) is 1.97. The lowest BCUT2D eigenvalue weighted by molar-refractivity contribution is -0.117. The quantitative estimate of drug-likeness (QED) is 0.774. The molecule has 0 N–H and O–H groups in total. The first-order chi connectivity index (χ1) is 8.11. The highest BCUT2D eigenvalue weighted by Crippen LogP contribution is 2.26. The Bertz CT molecular complexity index is 459. The molecule has 4 nitrogen and oxygen atoms in total. The average molecular weight is 229 g/mol. The molecule has 2 rings (SSSR count). The molecule has 88 valence electrons. The van der Waals surface area contributed by atoms with Crippen LogP contribution in [0.15, 0.2) is 24.3 Å². The van der Waals surface area contributed by atoms with Crippen LogP contribution in [0.4, 0.5) is 11.4 Å². The summed E-state index contributed by atoms with van der Waals surface area (Å²) in [6, 6.07) is 9.95. The van der Waals surface area contributed by atoms with Crippen molar-refractivity contribution in [3.8, 4) is 6.07 Å². The Morgan fingerprint density at radius 1 is 1.35 bits per heavy atom. The molecule has 0 spiro atoms. The predicted molar refractivity (Wildman–Crippen MR) is 66.8 cm³/mol. The lowest BCUT2D eigenvalue weighted by atomic mass is 10.1. The Balaban J connectivity index is 2.18. The Kier molecular flexibility index (Phi) is 3.01. The summed E-state index contributed by atoms with van der Waals surface area (Å²) in [4.78, 5) is 15.4. The van der Waals surface area contributed by atoms with Gasteiger partial charge in [0.15, 0.2) is 0 Å². The van der Waals surface area contributed by atoms with E-state index in [1.165, 1.54) is 0 Å². The van der Waals surface area contributed by atoms with Gasteiger partial charge in [0.1, 0.15) is 0 Å². The monoisotopic (exact) mass is 229 g/mol. The maximum Gasteiger partial charge on any atom is 0.228 e. The van der Waals surface area contributed by atoms with Crippen LogP contribution in [0.25, 0.3) is 0 Å². The van der Waals surface area contributed by atoms with Gasteiger partial charge in [-0.1, -0.05) is 0 Å². The van der Waals surface area contributed by atoms with Gasteiger partial charge in [-0.2, -0.15) is 5.26 Å². The van der Waals surface area contributed by atoms with Gasteiger partial charge < -0.3 is 9.80 Å². The highest BCUT2D eigenvalue weighted by molar-refractivity contribution is 5.96. The van der Waals surface area contributed by atoms with Crippen LogP contribution in [0.3, 0.4) is 0 Å². The van der Waals surface area contributed by atoms with Crippen molar-refractivity contribution < 1.29 is 4.79 Å². The second kappa shape index (κ2) is 4.46. The van der Waals surface area contributed by atoms with E-state index >= 15 is 0 Å². The van der Waals surface area contributed by atoms with Crippen molar-refractivity contribution in [3.05, 3.63) is 24.3 Å². The van der Waals surface area contributed by atoms with E-state index in [-0.39, 0.29) is 11.8 Å². The molecule has 0 bridgehead atoms. The van der Waals surface area contributed by atoms with Crippen LogP contribution in [0.5, 0.6) is 0 Å². The van der Waals surface area contributed by atoms with E-state index in [1.807, 2.05) is 43.3 Å². The van der Waals surface area contributed by atoms with Gasteiger partial charge in [0, 0.05) is 38.4 Å². The number of hydrogen-bond acceptors (Lipinski definition) is 3. The van der Waals surface area contributed by atoms with E-state index in [0.29, 0.717) is 13.0 Å². The number of benzene rings is 1. The summed E-state index contributed by atoms with van der Waals surface area (Å²) < 4.78 is 0. The molecule has 0 aromatic heterocycles. The largest absolute Gasteiger partial charge is 0.378 e. The zero-order valence-electron chi connectivity index (χ0n) is 10.1. The van der Waals surface area contributed by atoms with Crippen molar-refractivity contribution in [1.29, 1.82) is 5.26 Å². The van der Waals surface area contributed by atoms with Crippen LogP contribution in [-0.2, 0) is 4.79 Å². The van der Waals surface area contributed by atoms with Crippen molar-refractivity contribution >= 4 is 17.3 Å². The van der Waals surface area contributed by atoms with Crippen LogP contribution in [0.2, 0.25) is 0 Å². The van der Waals surface area contributed by atoms with Crippen molar-refractivity contribution in [1.82, 2.24) is 0 Å². The Hall–Kier alpha value is -2.02. The number of nitriles is 1. The number of rotatable bonds is 2. The third-order valence-electron chi connectivity index (χ3n) is 2.99. The molecule has 17 heavy (non-hydrogen) atoms. The molecular formula is C13H15N3O. The first-order valence-electron chi connectivity index (χ1n) is 5.59. The van der Waals surface area contributed by atoms with Crippen molar-refractivity contribution in [2.75, 3.05) is 30.4 Å². The number of carbonyl (C=O) groups excluding carboxylic acids is 1. The van der Waals surface area contributed by atoms with Crippen molar-refractivity contribution in [3.63, 3.8) is 0 Å². The molecule has 1 atom stereocenters. The molecule has 1 aliphatic rings. The topological polar surface area (TPSA) is 47.3 Å². The number of anilines is 2. The molecule has 1 amide bonds. The minimum absolute atomic E-state index is 0.0363. The van der Waals surface area contributed by atoms with Gasteiger partial charge >= 0.3 is 0 Å². The lowest BCUT2D eigenvalue weighted by Crippen LogP contribution is -2.24.